The lowest BCUT2D eigenvalue weighted by Crippen LogP contribution is -2.44. The van der Waals surface area contributed by atoms with Crippen LogP contribution in [0.5, 0.6) is 0 Å². The Balaban J connectivity index is 2.02. The zero-order valence-corrected chi connectivity index (χ0v) is 18.9. The number of amides is 3. The van der Waals surface area contributed by atoms with Gasteiger partial charge in [-0.1, -0.05) is 25.4 Å². The third-order valence-electron chi connectivity index (χ3n) is 4.47. The van der Waals surface area contributed by atoms with E-state index in [1.165, 1.54) is 19.2 Å². The Kier molecular flexibility index (Phi) is 9.22. The molecule has 1 unspecified atom stereocenters. The van der Waals surface area contributed by atoms with Crippen LogP contribution in [0.1, 0.15) is 41.0 Å². The van der Waals surface area contributed by atoms with Crippen molar-refractivity contribution in [3.8, 4) is 0 Å². The molecule has 32 heavy (non-hydrogen) atoms. The van der Waals surface area contributed by atoms with Crippen LogP contribution in [0.25, 0.3) is 0 Å². The van der Waals surface area contributed by atoms with Gasteiger partial charge < -0.3 is 20.7 Å². The first-order valence-electron chi connectivity index (χ1n) is 10.0. The summed E-state index contributed by atoms with van der Waals surface area (Å²) in [5.74, 6) is -1.58. The standard InChI is InChI=1S/C23H26ClN3O5/c1-14(2)12-19(27-22(30)16-4-8-17(24)9-5-16)23(31)26-18-10-6-15(7-11-18)21(29)25-13-20(28)32-3/h4-11,14,19H,12-13H2,1-3H3,(H,25,29)(H,26,31)(H,27,30). The molecule has 0 aliphatic carbocycles. The minimum Gasteiger partial charge on any atom is -0.468 e. The molecule has 0 aliphatic heterocycles. The highest BCUT2D eigenvalue weighted by molar-refractivity contribution is 6.30. The van der Waals surface area contributed by atoms with Crippen molar-refractivity contribution in [3.05, 3.63) is 64.7 Å². The fraction of sp³-hybridized carbons (Fsp3) is 0.304. The minimum absolute atomic E-state index is 0.164. The van der Waals surface area contributed by atoms with Crippen LogP contribution in [0, 0.1) is 5.92 Å². The Bertz CT molecular complexity index is 959. The number of esters is 1. The molecule has 8 nitrogen and oxygen atoms in total. The van der Waals surface area contributed by atoms with E-state index in [9.17, 15) is 19.2 Å². The second-order valence-corrected chi connectivity index (χ2v) is 7.92. The van der Waals surface area contributed by atoms with Gasteiger partial charge in [0.2, 0.25) is 5.91 Å². The van der Waals surface area contributed by atoms with Crippen molar-refractivity contribution in [3.63, 3.8) is 0 Å². The van der Waals surface area contributed by atoms with Gasteiger partial charge in [0, 0.05) is 21.8 Å². The topological polar surface area (TPSA) is 114 Å². The molecule has 2 rings (SSSR count). The van der Waals surface area contributed by atoms with Crippen LogP contribution in [-0.2, 0) is 14.3 Å². The number of rotatable bonds is 9. The van der Waals surface area contributed by atoms with E-state index in [0.717, 1.165) is 0 Å². The highest BCUT2D eigenvalue weighted by atomic mass is 35.5. The van der Waals surface area contributed by atoms with E-state index in [0.29, 0.717) is 28.3 Å². The van der Waals surface area contributed by atoms with Crippen LogP contribution in [0.15, 0.2) is 48.5 Å². The predicted molar refractivity (Wildman–Crippen MR) is 122 cm³/mol. The first-order valence-corrected chi connectivity index (χ1v) is 10.4. The Morgan fingerprint density at radius 2 is 1.47 bits per heavy atom. The van der Waals surface area contributed by atoms with Crippen LogP contribution in [0.3, 0.4) is 0 Å². The van der Waals surface area contributed by atoms with Crippen molar-refractivity contribution in [2.24, 2.45) is 5.92 Å². The number of nitrogens with one attached hydrogen (secondary N) is 3. The van der Waals surface area contributed by atoms with E-state index in [2.05, 4.69) is 20.7 Å². The van der Waals surface area contributed by atoms with Crippen LogP contribution >= 0.6 is 11.6 Å². The van der Waals surface area contributed by atoms with Gasteiger partial charge in [0.15, 0.2) is 0 Å². The van der Waals surface area contributed by atoms with Crippen molar-refractivity contribution >= 4 is 41.0 Å². The molecule has 9 heteroatoms. The summed E-state index contributed by atoms with van der Waals surface area (Å²) in [6, 6.07) is 11.8. The Morgan fingerprint density at radius 1 is 0.906 bits per heavy atom. The molecule has 0 saturated carbocycles. The molecule has 0 aromatic heterocycles. The van der Waals surface area contributed by atoms with Crippen molar-refractivity contribution < 1.29 is 23.9 Å². The zero-order chi connectivity index (χ0) is 23.7. The second kappa shape index (κ2) is 11.9. The molecule has 0 radical (unpaired) electrons. The number of hydrogen-bond acceptors (Lipinski definition) is 5. The fourth-order valence-electron chi connectivity index (χ4n) is 2.81. The molecule has 2 aromatic rings. The third-order valence-corrected chi connectivity index (χ3v) is 4.72. The van der Waals surface area contributed by atoms with Crippen molar-refractivity contribution in [2.45, 2.75) is 26.3 Å². The maximum absolute atomic E-state index is 12.8. The van der Waals surface area contributed by atoms with Crippen molar-refractivity contribution in [2.75, 3.05) is 19.0 Å². The lowest BCUT2D eigenvalue weighted by molar-refractivity contribution is -0.139. The van der Waals surface area contributed by atoms with E-state index >= 15 is 0 Å². The van der Waals surface area contributed by atoms with E-state index in [1.807, 2.05) is 13.8 Å². The van der Waals surface area contributed by atoms with Gasteiger partial charge in [0.25, 0.3) is 11.8 Å². The highest BCUT2D eigenvalue weighted by Crippen LogP contribution is 2.14. The predicted octanol–water partition coefficient (Wildman–Crippen LogP) is 3.03. The van der Waals surface area contributed by atoms with E-state index in [1.54, 1.807) is 36.4 Å². The second-order valence-electron chi connectivity index (χ2n) is 7.49. The van der Waals surface area contributed by atoms with Gasteiger partial charge in [-0.05, 0) is 60.9 Å². The molecule has 170 valence electrons. The lowest BCUT2D eigenvalue weighted by atomic mass is 10.0. The van der Waals surface area contributed by atoms with Crippen molar-refractivity contribution in [1.29, 1.82) is 0 Å². The van der Waals surface area contributed by atoms with Crippen LogP contribution < -0.4 is 16.0 Å². The average molecular weight is 460 g/mol. The monoisotopic (exact) mass is 459 g/mol. The Morgan fingerprint density at radius 3 is 2.03 bits per heavy atom. The molecule has 0 spiro atoms. The molecule has 3 amide bonds. The fourth-order valence-corrected chi connectivity index (χ4v) is 2.93. The summed E-state index contributed by atoms with van der Waals surface area (Å²) in [7, 11) is 1.23. The maximum atomic E-state index is 12.8. The first kappa shape index (κ1) is 24.9. The maximum Gasteiger partial charge on any atom is 0.325 e. The number of ether oxygens (including phenoxy) is 1. The molecule has 0 saturated heterocycles. The molecule has 2 aromatic carbocycles. The van der Waals surface area contributed by atoms with Crippen LogP contribution in [0.2, 0.25) is 5.02 Å². The van der Waals surface area contributed by atoms with Gasteiger partial charge in [-0.15, -0.1) is 0 Å². The number of benzene rings is 2. The normalized spacial score (nSPS) is 11.4. The van der Waals surface area contributed by atoms with E-state index in [-0.39, 0.29) is 24.3 Å². The zero-order valence-electron chi connectivity index (χ0n) is 18.1. The quantitative estimate of drug-likeness (QED) is 0.499. The Hall–Kier alpha value is -3.39. The van der Waals surface area contributed by atoms with Gasteiger partial charge in [0.1, 0.15) is 12.6 Å². The third kappa shape index (κ3) is 7.70. The molecule has 0 aliphatic rings. The van der Waals surface area contributed by atoms with Crippen LogP contribution in [0.4, 0.5) is 5.69 Å². The number of hydrogen-bond donors (Lipinski definition) is 3. The molecular weight excluding hydrogens is 434 g/mol. The largest absolute Gasteiger partial charge is 0.468 e. The van der Waals surface area contributed by atoms with Gasteiger partial charge >= 0.3 is 5.97 Å². The number of anilines is 1. The van der Waals surface area contributed by atoms with Gasteiger partial charge in [-0.2, -0.15) is 0 Å². The summed E-state index contributed by atoms with van der Waals surface area (Å²) in [4.78, 5) is 48.5. The van der Waals surface area contributed by atoms with Gasteiger partial charge in [-0.3, -0.25) is 19.2 Å². The molecule has 1 atom stereocenters. The minimum atomic E-state index is -0.749. The Labute approximate surface area is 191 Å². The highest BCUT2D eigenvalue weighted by Gasteiger charge is 2.23. The SMILES string of the molecule is COC(=O)CNC(=O)c1ccc(NC(=O)C(CC(C)C)NC(=O)c2ccc(Cl)cc2)cc1. The van der Waals surface area contributed by atoms with Crippen molar-refractivity contribution in [1.82, 2.24) is 10.6 Å². The molecule has 0 heterocycles. The molecule has 3 N–H and O–H groups in total. The number of halogens is 1. The number of carbonyl (C=O) groups is 4. The first-order chi connectivity index (χ1) is 15.2. The average Bonchev–Trinajstić information content (AvgIpc) is 2.77. The summed E-state index contributed by atoms with van der Waals surface area (Å²) in [6.07, 6.45) is 0.444. The summed E-state index contributed by atoms with van der Waals surface area (Å²) >= 11 is 5.86. The molecule has 0 bridgehead atoms. The summed E-state index contributed by atoms with van der Waals surface area (Å²) < 4.78 is 4.47. The van der Waals surface area contributed by atoms with Crippen LogP contribution in [-0.4, -0.2) is 43.4 Å². The smallest absolute Gasteiger partial charge is 0.325 e. The number of carbonyl (C=O) groups excluding carboxylic acids is 4. The molecular formula is C23H26ClN3O5. The van der Waals surface area contributed by atoms with E-state index in [4.69, 9.17) is 11.6 Å². The number of methoxy groups -OCH3 is 1. The molecule has 0 fully saturated rings. The van der Waals surface area contributed by atoms with Gasteiger partial charge in [-0.25, -0.2) is 0 Å². The summed E-state index contributed by atoms with van der Waals surface area (Å²) in [5, 5.41) is 8.47. The summed E-state index contributed by atoms with van der Waals surface area (Å²) in [6.45, 7) is 3.67. The summed E-state index contributed by atoms with van der Waals surface area (Å²) in [5.41, 5.74) is 1.19. The van der Waals surface area contributed by atoms with Gasteiger partial charge in [0.05, 0.1) is 7.11 Å². The lowest BCUT2D eigenvalue weighted by Gasteiger charge is -2.20. The van der Waals surface area contributed by atoms with E-state index < -0.39 is 17.9 Å².